The van der Waals surface area contributed by atoms with E-state index in [2.05, 4.69) is 6.92 Å². The second-order valence-electron chi connectivity index (χ2n) is 5.07. The SMILES string of the molecule is CCC1(C2(C(=O)O)CCCCC2)COC1. The van der Waals surface area contributed by atoms with E-state index in [1.807, 2.05) is 0 Å². The molecule has 3 nitrogen and oxygen atoms in total. The quantitative estimate of drug-likeness (QED) is 0.781. The molecule has 0 radical (unpaired) electrons. The molecule has 1 saturated heterocycles. The lowest BCUT2D eigenvalue weighted by Crippen LogP contribution is -2.59. The fourth-order valence-corrected chi connectivity index (χ4v) is 3.29. The van der Waals surface area contributed by atoms with E-state index in [0.717, 1.165) is 32.1 Å². The van der Waals surface area contributed by atoms with Crippen molar-refractivity contribution < 1.29 is 14.6 Å². The van der Waals surface area contributed by atoms with Crippen LogP contribution < -0.4 is 0 Å². The topological polar surface area (TPSA) is 46.5 Å². The molecule has 0 bridgehead atoms. The molecule has 0 spiro atoms. The molecule has 1 N–H and O–H groups in total. The first-order valence-corrected chi connectivity index (χ1v) is 5.98. The van der Waals surface area contributed by atoms with Crippen LogP contribution in [-0.2, 0) is 9.53 Å². The molecule has 15 heavy (non-hydrogen) atoms. The fourth-order valence-electron chi connectivity index (χ4n) is 3.29. The number of aliphatic carboxylic acids is 1. The van der Waals surface area contributed by atoms with Gasteiger partial charge in [-0.3, -0.25) is 4.79 Å². The zero-order valence-electron chi connectivity index (χ0n) is 9.42. The number of hydrogen-bond donors (Lipinski definition) is 1. The van der Waals surface area contributed by atoms with E-state index in [4.69, 9.17) is 4.74 Å². The summed E-state index contributed by atoms with van der Waals surface area (Å²) in [7, 11) is 0. The molecule has 0 aromatic rings. The van der Waals surface area contributed by atoms with Gasteiger partial charge in [-0.15, -0.1) is 0 Å². The van der Waals surface area contributed by atoms with Crippen molar-refractivity contribution in [3.05, 3.63) is 0 Å². The number of carboxylic acids is 1. The van der Waals surface area contributed by atoms with Crippen LogP contribution in [0.1, 0.15) is 45.4 Å². The van der Waals surface area contributed by atoms with Crippen molar-refractivity contribution in [1.29, 1.82) is 0 Å². The molecule has 86 valence electrons. The van der Waals surface area contributed by atoms with Crippen LogP contribution >= 0.6 is 0 Å². The molecule has 0 aromatic heterocycles. The third-order valence-electron chi connectivity index (χ3n) is 4.57. The van der Waals surface area contributed by atoms with Gasteiger partial charge in [-0.05, 0) is 19.3 Å². The Bertz CT molecular complexity index is 244. The summed E-state index contributed by atoms with van der Waals surface area (Å²) in [6.45, 7) is 3.40. The van der Waals surface area contributed by atoms with E-state index in [0.29, 0.717) is 13.2 Å². The molecule has 2 aliphatic rings. The number of hydrogen-bond acceptors (Lipinski definition) is 2. The summed E-state index contributed by atoms with van der Waals surface area (Å²) in [6.07, 6.45) is 5.94. The molecule has 2 rings (SSSR count). The summed E-state index contributed by atoms with van der Waals surface area (Å²) < 4.78 is 5.29. The lowest BCUT2D eigenvalue weighted by molar-refractivity contribution is -0.213. The first kappa shape index (κ1) is 10.9. The Morgan fingerprint density at radius 3 is 2.20 bits per heavy atom. The van der Waals surface area contributed by atoms with Crippen molar-refractivity contribution in [2.75, 3.05) is 13.2 Å². The zero-order chi connectivity index (χ0) is 10.9. The van der Waals surface area contributed by atoms with Crippen LogP contribution in [0.5, 0.6) is 0 Å². The normalized spacial score (nSPS) is 28.1. The summed E-state index contributed by atoms with van der Waals surface area (Å²) in [5.74, 6) is -0.590. The molecule has 1 aliphatic carbocycles. The highest BCUT2D eigenvalue weighted by molar-refractivity contribution is 5.76. The van der Waals surface area contributed by atoms with Gasteiger partial charge in [0.15, 0.2) is 0 Å². The Kier molecular flexibility index (Phi) is 2.75. The van der Waals surface area contributed by atoms with Crippen molar-refractivity contribution in [3.8, 4) is 0 Å². The van der Waals surface area contributed by atoms with Crippen LogP contribution in [0, 0.1) is 10.8 Å². The third kappa shape index (κ3) is 1.40. The van der Waals surface area contributed by atoms with E-state index < -0.39 is 11.4 Å². The van der Waals surface area contributed by atoms with Gasteiger partial charge < -0.3 is 9.84 Å². The zero-order valence-corrected chi connectivity index (χ0v) is 9.42. The molecule has 0 unspecified atom stereocenters. The second kappa shape index (κ2) is 3.78. The predicted octanol–water partition coefficient (Wildman–Crippen LogP) is 2.45. The summed E-state index contributed by atoms with van der Waals surface area (Å²) in [5.41, 5.74) is -0.558. The summed E-state index contributed by atoms with van der Waals surface area (Å²) >= 11 is 0. The van der Waals surface area contributed by atoms with Crippen LogP contribution in [0.15, 0.2) is 0 Å². The van der Waals surface area contributed by atoms with Gasteiger partial charge in [0.1, 0.15) is 0 Å². The Hall–Kier alpha value is -0.570. The van der Waals surface area contributed by atoms with Gasteiger partial charge in [0.25, 0.3) is 0 Å². The van der Waals surface area contributed by atoms with E-state index in [1.54, 1.807) is 0 Å². The standard InChI is InChI=1S/C12H20O3/c1-2-11(8-15-9-11)12(10(13)14)6-4-3-5-7-12/h2-9H2,1H3,(H,13,14). The van der Waals surface area contributed by atoms with Crippen molar-refractivity contribution in [2.24, 2.45) is 10.8 Å². The third-order valence-corrected chi connectivity index (χ3v) is 4.57. The summed E-state index contributed by atoms with van der Waals surface area (Å²) in [4.78, 5) is 11.6. The highest BCUT2D eigenvalue weighted by Crippen LogP contribution is 2.55. The number of ether oxygens (including phenoxy) is 1. The van der Waals surface area contributed by atoms with Crippen LogP contribution in [-0.4, -0.2) is 24.3 Å². The molecule has 1 aliphatic heterocycles. The Balaban J connectivity index is 2.28. The van der Waals surface area contributed by atoms with E-state index >= 15 is 0 Å². The Morgan fingerprint density at radius 2 is 1.87 bits per heavy atom. The molecule has 1 heterocycles. The second-order valence-corrected chi connectivity index (χ2v) is 5.07. The minimum absolute atomic E-state index is 0.0702. The maximum atomic E-state index is 11.6. The van der Waals surface area contributed by atoms with Crippen LogP contribution in [0.25, 0.3) is 0 Å². The van der Waals surface area contributed by atoms with Gasteiger partial charge in [-0.1, -0.05) is 26.2 Å². The number of rotatable bonds is 3. The minimum Gasteiger partial charge on any atom is -0.481 e. The number of carbonyl (C=O) groups is 1. The monoisotopic (exact) mass is 212 g/mol. The van der Waals surface area contributed by atoms with Crippen LogP contribution in [0.4, 0.5) is 0 Å². The smallest absolute Gasteiger partial charge is 0.310 e. The van der Waals surface area contributed by atoms with E-state index in [9.17, 15) is 9.90 Å². The minimum atomic E-state index is -0.590. The maximum absolute atomic E-state index is 11.6. The highest BCUT2D eigenvalue weighted by Gasteiger charge is 2.59. The molecule has 1 saturated carbocycles. The average Bonchev–Trinajstić information content (AvgIpc) is 2.18. The maximum Gasteiger partial charge on any atom is 0.310 e. The lowest BCUT2D eigenvalue weighted by atomic mass is 9.54. The van der Waals surface area contributed by atoms with Crippen LogP contribution in [0.3, 0.4) is 0 Å². The molecule has 0 amide bonds. The van der Waals surface area contributed by atoms with Gasteiger partial charge in [-0.2, -0.15) is 0 Å². The van der Waals surface area contributed by atoms with Crippen molar-refractivity contribution in [1.82, 2.24) is 0 Å². The molecule has 0 aromatic carbocycles. The lowest BCUT2D eigenvalue weighted by Gasteiger charge is -2.54. The first-order chi connectivity index (χ1) is 7.17. The Labute approximate surface area is 90.8 Å². The van der Waals surface area contributed by atoms with Gasteiger partial charge in [-0.25, -0.2) is 0 Å². The number of carboxylic acid groups (broad SMARTS) is 1. The first-order valence-electron chi connectivity index (χ1n) is 5.98. The average molecular weight is 212 g/mol. The van der Waals surface area contributed by atoms with E-state index in [-0.39, 0.29) is 5.41 Å². The van der Waals surface area contributed by atoms with Crippen LogP contribution in [0.2, 0.25) is 0 Å². The molecular weight excluding hydrogens is 192 g/mol. The van der Waals surface area contributed by atoms with Crippen molar-refractivity contribution >= 4 is 5.97 Å². The van der Waals surface area contributed by atoms with Crippen molar-refractivity contribution in [2.45, 2.75) is 45.4 Å². The Morgan fingerprint density at radius 1 is 1.27 bits per heavy atom. The van der Waals surface area contributed by atoms with Crippen molar-refractivity contribution in [3.63, 3.8) is 0 Å². The summed E-state index contributed by atoms with van der Waals surface area (Å²) in [6, 6.07) is 0. The predicted molar refractivity (Wildman–Crippen MR) is 56.7 cm³/mol. The van der Waals surface area contributed by atoms with Gasteiger partial charge in [0.05, 0.1) is 18.6 Å². The largest absolute Gasteiger partial charge is 0.481 e. The molecule has 0 atom stereocenters. The molecule has 3 heteroatoms. The van der Waals surface area contributed by atoms with Gasteiger partial charge >= 0.3 is 5.97 Å². The van der Waals surface area contributed by atoms with Gasteiger partial charge in [0, 0.05) is 5.41 Å². The van der Waals surface area contributed by atoms with Gasteiger partial charge in [0.2, 0.25) is 0 Å². The van der Waals surface area contributed by atoms with E-state index in [1.165, 1.54) is 6.42 Å². The molecular formula is C12H20O3. The fraction of sp³-hybridized carbons (Fsp3) is 0.917. The summed E-state index contributed by atoms with van der Waals surface area (Å²) in [5, 5.41) is 9.56. The highest BCUT2D eigenvalue weighted by atomic mass is 16.5. The molecule has 2 fully saturated rings.